The Morgan fingerprint density at radius 1 is 0.382 bits per heavy atom. The molecule has 0 aliphatic rings. The fourth-order valence-electron chi connectivity index (χ4n) is 8.80. The van der Waals surface area contributed by atoms with Crippen molar-refractivity contribution in [3.63, 3.8) is 0 Å². The summed E-state index contributed by atoms with van der Waals surface area (Å²) in [5, 5.41) is 6.93. The van der Waals surface area contributed by atoms with Crippen LogP contribution in [0.4, 0.5) is 11.4 Å². The van der Waals surface area contributed by atoms with Crippen LogP contribution in [0.5, 0.6) is 0 Å². The number of fused-ring (bicyclic) bond motifs is 9. The first-order chi connectivity index (χ1) is 27.2. The highest BCUT2D eigenvalue weighted by Crippen LogP contribution is 2.43. The molecule has 0 aliphatic heterocycles. The van der Waals surface area contributed by atoms with Crippen molar-refractivity contribution in [3.8, 4) is 28.2 Å². The second-order valence-corrected chi connectivity index (χ2v) is 13.9. The van der Waals surface area contributed by atoms with Crippen molar-refractivity contribution in [3.05, 3.63) is 199 Å². The number of rotatable bonds is 4. The monoisotopic (exact) mass is 699 g/mol. The molecule has 5 heteroatoms. The van der Waals surface area contributed by atoms with Gasteiger partial charge in [-0.3, -0.25) is 0 Å². The molecule has 0 saturated heterocycles. The van der Waals surface area contributed by atoms with Crippen molar-refractivity contribution in [1.82, 2.24) is 13.7 Å². The maximum atomic E-state index is 8.23. The highest BCUT2D eigenvalue weighted by molar-refractivity contribution is 6.16. The van der Waals surface area contributed by atoms with Gasteiger partial charge in [-0.1, -0.05) is 115 Å². The summed E-state index contributed by atoms with van der Waals surface area (Å²) in [5.74, 6) is 0. The number of benzene rings is 8. The van der Waals surface area contributed by atoms with E-state index in [4.69, 9.17) is 13.1 Å². The minimum Gasteiger partial charge on any atom is -0.318 e. The molecule has 0 bridgehead atoms. The SMILES string of the molecule is [C-]#[N+]c1ccc2c(c1)c1ccccc1n2-c1c([N+]#[C-])cccc1-c1ccc(-n2c3ccccc3c3c(-n4c5ccccc5c5ccccc54)cccc32)cc1. The number of aromatic nitrogens is 3. The van der Waals surface area contributed by atoms with Gasteiger partial charge in [0.1, 0.15) is 0 Å². The molecular formula is C50H29N5. The lowest BCUT2D eigenvalue weighted by molar-refractivity contribution is 1.17. The fraction of sp³-hybridized carbons (Fsp3) is 0. The highest BCUT2D eigenvalue weighted by atomic mass is 15.0. The summed E-state index contributed by atoms with van der Waals surface area (Å²) < 4.78 is 6.97. The second kappa shape index (κ2) is 11.8. The molecule has 0 saturated carbocycles. The molecular weight excluding hydrogens is 671 g/mol. The summed E-state index contributed by atoms with van der Waals surface area (Å²) in [6.07, 6.45) is 0. The van der Waals surface area contributed by atoms with Crippen molar-refractivity contribution in [2.75, 3.05) is 0 Å². The van der Waals surface area contributed by atoms with Gasteiger partial charge in [0.15, 0.2) is 5.69 Å². The van der Waals surface area contributed by atoms with E-state index in [0.29, 0.717) is 11.4 Å². The number of hydrogen-bond acceptors (Lipinski definition) is 0. The Kier molecular flexibility index (Phi) is 6.61. The van der Waals surface area contributed by atoms with Gasteiger partial charge in [-0.15, -0.1) is 0 Å². The minimum absolute atomic E-state index is 0.568. The van der Waals surface area contributed by atoms with E-state index in [1.807, 2.05) is 42.5 Å². The zero-order chi connectivity index (χ0) is 36.6. The Balaban J connectivity index is 1.12. The third-order valence-electron chi connectivity index (χ3n) is 11.1. The Hall–Kier alpha value is -7.86. The van der Waals surface area contributed by atoms with Crippen LogP contribution in [0.2, 0.25) is 0 Å². The van der Waals surface area contributed by atoms with Crippen molar-refractivity contribution in [2.45, 2.75) is 0 Å². The molecule has 0 aliphatic carbocycles. The Bertz CT molecular complexity index is 3400. The molecule has 5 nitrogen and oxygen atoms in total. The first kappa shape index (κ1) is 30.7. The normalized spacial score (nSPS) is 11.6. The molecule has 11 aromatic rings. The van der Waals surface area contributed by atoms with E-state index < -0.39 is 0 Å². The van der Waals surface area contributed by atoms with E-state index in [9.17, 15) is 0 Å². The smallest absolute Gasteiger partial charge is 0.211 e. The molecule has 3 heterocycles. The fourth-order valence-corrected chi connectivity index (χ4v) is 8.80. The zero-order valence-electron chi connectivity index (χ0n) is 29.5. The molecule has 11 rings (SSSR count). The Morgan fingerprint density at radius 2 is 0.927 bits per heavy atom. The van der Waals surface area contributed by atoms with Crippen LogP contribution in [0.15, 0.2) is 176 Å². The number of para-hydroxylation sites is 5. The largest absolute Gasteiger partial charge is 0.318 e. The molecule has 0 unspecified atom stereocenters. The van der Waals surface area contributed by atoms with E-state index in [0.717, 1.165) is 61.0 Å². The molecule has 0 radical (unpaired) electrons. The zero-order valence-corrected chi connectivity index (χ0v) is 29.5. The van der Waals surface area contributed by atoms with Crippen LogP contribution >= 0.6 is 0 Å². The summed E-state index contributed by atoms with van der Waals surface area (Å²) in [7, 11) is 0. The van der Waals surface area contributed by atoms with Crippen LogP contribution in [0.3, 0.4) is 0 Å². The molecule has 8 aromatic carbocycles. The van der Waals surface area contributed by atoms with Crippen LogP contribution in [0, 0.1) is 13.1 Å². The van der Waals surface area contributed by atoms with Crippen LogP contribution in [0.1, 0.15) is 0 Å². The summed E-state index contributed by atoms with van der Waals surface area (Å²) in [5.41, 5.74) is 12.8. The Morgan fingerprint density at radius 3 is 1.58 bits per heavy atom. The van der Waals surface area contributed by atoms with Crippen molar-refractivity contribution in [1.29, 1.82) is 0 Å². The maximum absolute atomic E-state index is 8.23. The lowest BCUT2D eigenvalue weighted by Gasteiger charge is -2.17. The van der Waals surface area contributed by atoms with Crippen molar-refractivity contribution < 1.29 is 0 Å². The third kappa shape index (κ3) is 4.39. The molecule has 0 fully saturated rings. The summed E-state index contributed by atoms with van der Waals surface area (Å²) in [6, 6.07) is 61.4. The average molecular weight is 700 g/mol. The van der Waals surface area contributed by atoms with Crippen LogP contribution in [-0.4, -0.2) is 13.7 Å². The predicted molar refractivity (Wildman–Crippen MR) is 227 cm³/mol. The van der Waals surface area contributed by atoms with Gasteiger partial charge in [-0.2, -0.15) is 0 Å². The second-order valence-electron chi connectivity index (χ2n) is 13.9. The van der Waals surface area contributed by atoms with Crippen LogP contribution in [0.25, 0.3) is 103 Å². The summed E-state index contributed by atoms with van der Waals surface area (Å²) in [4.78, 5) is 7.73. The van der Waals surface area contributed by atoms with E-state index in [2.05, 4.69) is 157 Å². The third-order valence-corrected chi connectivity index (χ3v) is 11.1. The quantitative estimate of drug-likeness (QED) is 0.163. The van der Waals surface area contributed by atoms with Gasteiger partial charge in [0.2, 0.25) is 5.69 Å². The van der Waals surface area contributed by atoms with Crippen LogP contribution in [-0.2, 0) is 0 Å². The van der Waals surface area contributed by atoms with Gasteiger partial charge in [-0.25, -0.2) is 9.69 Å². The van der Waals surface area contributed by atoms with E-state index in [1.54, 1.807) is 0 Å². The van der Waals surface area contributed by atoms with Crippen molar-refractivity contribution >= 4 is 76.8 Å². The minimum atomic E-state index is 0.568. The lowest BCUT2D eigenvalue weighted by Crippen LogP contribution is -1.98. The van der Waals surface area contributed by atoms with E-state index >= 15 is 0 Å². The van der Waals surface area contributed by atoms with Gasteiger partial charge >= 0.3 is 0 Å². The van der Waals surface area contributed by atoms with Gasteiger partial charge in [0, 0.05) is 32.6 Å². The molecule has 3 aromatic heterocycles. The topological polar surface area (TPSA) is 23.5 Å². The average Bonchev–Trinajstić information content (AvgIpc) is 3.89. The van der Waals surface area contributed by atoms with E-state index in [-0.39, 0.29) is 0 Å². The van der Waals surface area contributed by atoms with Gasteiger partial charge in [0.05, 0.1) is 57.6 Å². The lowest BCUT2D eigenvalue weighted by atomic mass is 10.0. The maximum Gasteiger partial charge on any atom is 0.211 e. The molecule has 0 N–H and O–H groups in total. The molecule has 0 atom stereocenters. The van der Waals surface area contributed by atoms with Gasteiger partial charge < -0.3 is 13.7 Å². The Labute approximate surface area is 316 Å². The van der Waals surface area contributed by atoms with Crippen LogP contribution < -0.4 is 0 Å². The predicted octanol–water partition coefficient (Wildman–Crippen LogP) is 13.7. The molecule has 254 valence electrons. The molecule has 0 spiro atoms. The summed E-state index contributed by atoms with van der Waals surface area (Å²) in [6.45, 7) is 15.9. The molecule has 55 heavy (non-hydrogen) atoms. The highest BCUT2D eigenvalue weighted by Gasteiger charge is 2.21. The summed E-state index contributed by atoms with van der Waals surface area (Å²) >= 11 is 0. The first-order valence-electron chi connectivity index (χ1n) is 18.3. The standard InChI is InChI=1S/C50H29N5/c1-51-33-27-30-46-40(31-33)38-15-5-9-21-44(38)55(46)50-35(17-11-18-41(50)52-2)32-25-28-34(29-26-32)53-45-22-10-6-16-39(45)49-47(53)23-12-24-48(49)54-42-19-7-3-13-36(42)37-14-4-8-20-43(37)54/h3-31H. The van der Waals surface area contributed by atoms with Crippen molar-refractivity contribution in [2.24, 2.45) is 0 Å². The van der Waals surface area contributed by atoms with Gasteiger partial charge in [-0.05, 0) is 77.2 Å². The number of hydrogen-bond donors (Lipinski definition) is 0. The first-order valence-corrected chi connectivity index (χ1v) is 18.3. The number of nitrogens with zero attached hydrogens (tertiary/aromatic N) is 5. The van der Waals surface area contributed by atoms with Gasteiger partial charge in [0.25, 0.3) is 0 Å². The molecule has 0 amide bonds. The van der Waals surface area contributed by atoms with E-state index in [1.165, 1.54) is 32.6 Å².